The van der Waals surface area contributed by atoms with E-state index in [0.29, 0.717) is 23.8 Å². The number of Topliss-reactive ketones (excluding diaryl/α,β-unsaturated/α-hetero) is 1. The molecule has 2 heterocycles. The number of halogens is 1. The fourth-order valence-corrected chi connectivity index (χ4v) is 3.69. The Bertz CT molecular complexity index is 1090. The first-order chi connectivity index (χ1) is 17.2. The molecule has 0 aliphatic carbocycles. The Morgan fingerprint density at radius 3 is 2.64 bits per heavy atom. The van der Waals surface area contributed by atoms with Gasteiger partial charge < -0.3 is 15.7 Å². The second-order valence-corrected chi connectivity index (χ2v) is 8.70. The van der Waals surface area contributed by atoms with Crippen molar-refractivity contribution < 1.29 is 24.1 Å². The summed E-state index contributed by atoms with van der Waals surface area (Å²) in [6.45, 7) is 4.12. The minimum atomic E-state index is -1.24. The number of nitrogens with zero attached hydrogens (tertiary/aromatic N) is 5. The minimum absolute atomic E-state index is 0.0112. The summed E-state index contributed by atoms with van der Waals surface area (Å²) in [5.74, 6) is -1.80. The molecule has 0 aromatic carbocycles. The van der Waals surface area contributed by atoms with Crippen molar-refractivity contribution in [2.24, 2.45) is 0 Å². The van der Waals surface area contributed by atoms with Gasteiger partial charge >= 0.3 is 5.97 Å². The quantitative estimate of drug-likeness (QED) is 0.210. The van der Waals surface area contributed by atoms with Crippen molar-refractivity contribution >= 4 is 35.1 Å². The van der Waals surface area contributed by atoms with Crippen LogP contribution in [0.15, 0.2) is 21.8 Å². The maximum Gasteiger partial charge on any atom is 0.305 e. The van der Waals surface area contributed by atoms with Gasteiger partial charge in [0.05, 0.1) is 25.6 Å². The third kappa shape index (κ3) is 8.41. The van der Waals surface area contributed by atoms with Gasteiger partial charge in [0.25, 0.3) is 5.56 Å². The van der Waals surface area contributed by atoms with Crippen molar-refractivity contribution in [3.8, 4) is 0 Å². The standard InChI is InChI=1S/C22H32ClN7O6/c1-4-17(30-10-8-24-20(22(30)35)25-12-16-14(2)27-36-28-16)21(34)26-15(11-19(32)33)18(31)13-29(3)9-6-5-7-23/h8,10,15,17H,4-7,9,11-13H2,1-3H3,(H,24,25)(H,26,34)(H,32,33). The number of hydrogen-bond donors (Lipinski definition) is 3. The topological polar surface area (TPSA) is 173 Å². The number of likely N-dealkylation sites (N-methyl/N-ethyl adjacent to an activating group) is 1. The number of unbranched alkanes of at least 4 members (excludes halogenated alkanes) is 1. The number of aliphatic carboxylic acids is 1. The number of rotatable bonds is 16. The number of carbonyl (C=O) groups is 3. The molecule has 1 amide bonds. The fourth-order valence-electron chi connectivity index (χ4n) is 3.50. The first-order valence-corrected chi connectivity index (χ1v) is 12.1. The number of amides is 1. The zero-order valence-corrected chi connectivity index (χ0v) is 21.3. The molecule has 2 rings (SSSR count). The van der Waals surface area contributed by atoms with Crippen molar-refractivity contribution in [1.29, 1.82) is 0 Å². The van der Waals surface area contributed by atoms with Crippen LogP contribution in [0.25, 0.3) is 0 Å². The summed E-state index contributed by atoms with van der Waals surface area (Å²) in [5, 5.41) is 22.1. The lowest BCUT2D eigenvalue weighted by Gasteiger charge is -2.24. The van der Waals surface area contributed by atoms with Crippen LogP contribution in [-0.4, -0.2) is 79.6 Å². The molecule has 3 N–H and O–H groups in total. The van der Waals surface area contributed by atoms with E-state index in [0.717, 1.165) is 12.8 Å². The molecule has 0 saturated carbocycles. The highest BCUT2D eigenvalue weighted by Crippen LogP contribution is 2.12. The Hall–Kier alpha value is -3.32. The Labute approximate surface area is 213 Å². The summed E-state index contributed by atoms with van der Waals surface area (Å²) in [7, 11) is 1.74. The summed E-state index contributed by atoms with van der Waals surface area (Å²) >= 11 is 5.68. The molecule has 198 valence electrons. The first kappa shape index (κ1) is 28.9. The molecule has 2 aromatic rings. The van der Waals surface area contributed by atoms with E-state index in [9.17, 15) is 24.3 Å². The average molecular weight is 526 g/mol. The monoisotopic (exact) mass is 525 g/mol. The lowest BCUT2D eigenvalue weighted by molar-refractivity contribution is -0.140. The lowest BCUT2D eigenvalue weighted by Crippen LogP contribution is -2.49. The van der Waals surface area contributed by atoms with Crippen molar-refractivity contribution in [1.82, 2.24) is 30.1 Å². The summed E-state index contributed by atoms with van der Waals surface area (Å²) in [6.07, 6.45) is 3.95. The highest BCUT2D eigenvalue weighted by Gasteiger charge is 2.29. The van der Waals surface area contributed by atoms with Gasteiger partial charge in [0.15, 0.2) is 11.6 Å². The van der Waals surface area contributed by atoms with Gasteiger partial charge in [-0.3, -0.25) is 28.6 Å². The Morgan fingerprint density at radius 2 is 2.03 bits per heavy atom. The second kappa shape index (κ2) is 14.3. The Balaban J connectivity index is 2.14. The van der Waals surface area contributed by atoms with Crippen LogP contribution in [-0.2, 0) is 20.9 Å². The van der Waals surface area contributed by atoms with Gasteiger partial charge in [-0.2, -0.15) is 0 Å². The SMILES string of the molecule is CCC(C(=O)NC(CC(=O)O)C(=O)CN(C)CCCCCl)n1ccnc(NCc2nonc2C)c1=O. The molecule has 0 fully saturated rings. The van der Waals surface area contributed by atoms with Gasteiger partial charge in [-0.05, 0) is 39.8 Å². The summed E-state index contributed by atoms with van der Waals surface area (Å²) < 4.78 is 5.83. The van der Waals surface area contributed by atoms with Crippen LogP contribution >= 0.6 is 11.6 Å². The fraction of sp³-hybridized carbons (Fsp3) is 0.591. The smallest absolute Gasteiger partial charge is 0.305 e. The van der Waals surface area contributed by atoms with Crippen LogP contribution in [0.1, 0.15) is 50.0 Å². The van der Waals surface area contributed by atoms with E-state index < -0.39 is 41.7 Å². The predicted molar refractivity (Wildman–Crippen MR) is 131 cm³/mol. The molecule has 36 heavy (non-hydrogen) atoms. The number of alkyl halides is 1. The maximum atomic E-state index is 13.1. The van der Waals surface area contributed by atoms with Crippen molar-refractivity contribution in [2.45, 2.75) is 58.2 Å². The lowest BCUT2D eigenvalue weighted by atomic mass is 10.1. The van der Waals surface area contributed by atoms with Crippen LogP contribution < -0.4 is 16.2 Å². The largest absolute Gasteiger partial charge is 0.481 e. The van der Waals surface area contributed by atoms with Gasteiger partial charge in [0, 0.05) is 18.3 Å². The van der Waals surface area contributed by atoms with E-state index in [1.807, 2.05) is 0 Å². The van der Waals surface area contributed by atoms with Crippen LogP contribution in [0.4, 0.5) is 5.82 Å². The van der Waals surface area contributed by atoms with E-state index in [1.54, 1.807) is 25.8 Å². The van der Waals surface area contributed by atoms with Crippen molar-refractivity contribution in [3.05, 3.63) is 34.1 Å². The molecule has 2 atom stereocenters. The van der Waals surface area contributed by atoms with Crippen LogP contribution in [0, 0.1) is 6.92 Å². The van der Waals surface area contributed by atoms with Crippen molar-refractivity contribution in [2.75, 3.05) is 31.3 Å². The van der Waals surface area contributed by atoms with Gasteiger partial charge in [-0.25, -0.2) is 9.61 Å². The zero-order valence-electron chi connectivity index (χ0n) is 20.6. The number of nitrogens with one attached hydrogen (secondary N) is 2. The molecule has 2 unspecified atom stereocenters. The minimum Gasteiger partial charge on any atom is -0.481 e. The third-order valence-electron chi connectivity index (χ3n) is 5.50. The number of aromatic nitrogens is 4. The van der Waals surface area contributed by atoms with Crippen LogP contribution in [0.5, 0.6) is 0 Å². The molecule has 0 radical (unpaired) electrons. The summed E-state index contributed by atoms with van der Waals surface area (Å²) in [5.41, 5.74) is 0.496. The van der Waals surface area contributed by atoms with E-state index >= 15 is 0 Å². The molecule has 13 nitrogen and oxygen atoms in total. The number of anilines is 1. The van der Waals surface area contributed by atoms with Gasteiger partial charge in [-0.1, -0.05) is 17.2 Å². The Morgan fingerprint density at radius 1 is 1.28 bits per heavy atom. The first-order valence-electron chi connectivity index (χ1n) is 11.6. The maximum absolute atomic E-state index is 13.1. The highest BCUT2D eigenvalue weighted by atomic mass is 35.5. The molecule has 0 aliphatic rings. The zero-order chi connectivity index (χ0) is 26.7. The molecule has 0 saturated heterocycles. The molecular formula is C22H32ClN7O6. The normalized spacial score (nSPS) is 12.8. The molecule has 0 bridgehead atoms. The number of carbonyl (C=O) groups excluding carboxylic acids is 2. The number of carboxylic acids is 1. The van der Waals surface area contributed by atoms with E-state index in [-0.39, 0.29) is 25.3 Å². The number of aryl methyl sites for hydroxylation is 1. The summed E-state index contributed by atoms with van der Waals surface area (Å²) in [4.78, 5) is 56.1. The van der Waals surface area contributed by atoms with Crippen molar-refractivity contribution in [3.63, 3.8) is 0 Å². The van der Waals surface area contributed by atoms with Gasteiger partial charge in [0.2, 0.25) is 5.91 Å². The molecule has 0 aliphatic heterocycles. The van der Waals surface area contributed by atoms with E-state index in [2.05, 4.69) is 30.6 Å². The molecule has 14 heteroatoms. The molecule has 0 spiro atoms. The van der Waals surface area contributed by atoms with Crippen LogP contribution in [0.3, 0.4) is 0 Å². The Kier molecular flexibility index (Phi) is 11.5. The average Bonchev–Trinajstić information content (AvgIpc) is 3.23. The molecule has 2 aromatic heterocycles. The second-order valence-electron chi connectivity index (χ2n) is 8.32. The third-order valence-corrected chi connectivity index (χ3v) is 5.76. The predicted octanol–water partition coefficient (Wildman–Crippen LogP) is 0.977. The summed E-state index contributed by atoms with van der Waals surface area (Å²) in [6, 6.07) is -2.22. The molecular weight excluding hydrogens is 494 g/mol. The van der Waals surface area contributed by atoms with Gasteiger partial charge in [-0.15, -0.1) is 11.6 Å². The van der Waals surface area contributed by atoms with Crippen LogP contribution in [0.2, 0.25) is 0 Å². The van der Waals surface area contributed by atoms with Gasteiger partial charge in [0.1, 0.15) is 17.4 Å². The number of ketones is 1. The van der Waals surface area contributed by atoms with E-state index in [1.165, 1.54) is 17.0 Å². The number of carboxylic acid groups (broad SMARTS) is 1. The highest BCUT2D eigenvalue weighted by molar-refractivity contribution is 6.17. The van der Waals surface area contributed by atoms with E-state index in [4.69, 9.17) is 11.6 Å². The number of hydrogen-bond acceptors (Lipinski definition) is 10.